The molecule has 2 heterocycles. The number of nitrogens with one attached hydrogen (secondary N) is 1. The molecule has 1 saturated carbocycles. The van der Waals surface area contributed by atoms with Crippen molar-refractivity contribution in [2.75, 3.05) is 18.1 Å². The van der Waals surface area contributed by atoms with E-state index in [1.54, 1.807) is 0 Å². The first-order chi connectivity index (χ1) is 16.9. The molecule has 1 aromatic heterocycles. The van der Waals surface area contributed by atoms with E-state index in [1.165, 1.54) is 4.90 Å². The van der Waals surface area contributed by atoms with Gasteiger partial charge in [0.25, 0.3) is 5.91 Å². The fourth-order valence-corrected chi connectivity index (χ4v) is 4.74. The molecule has 2 aliphatic rings. The Morgan fingerprint density at radius 1 is 1.17 bits per heavy atom. The lowest BCUT2D eigenvalue weighted by Gasteiger charge is -2.45. The largest absolute Gasteiger partial charge is 0.466 e. The molecule has 5 rings (SSSR count). The van der Waals surface area contributed by atoms with E-state index >= 15 is 0 Å². The summed E-state index contributed by atoms with van der Waals surface area (Å²) < 4.78 is 5.61. The van der Waals surface area contributed by atoms with Crippen molar-refractivity contribution in [1.82, 2.24) is 10.3 Å². The van der Waals surface area contributed by atoms with Crippen LogP contribution in [0.3, 0.4) is 0 Å². The Bertz CT molecular complexity index is 1330. The van der Waals surface area contributed by atoms with Gasteiger partial charge in [-0.1, -0.05) is 54.6 Å². The molecule has 0 atom stereocenters. The second-order valence-corrected chi connectivity index (χ2v) is 8.65. The Kier molecular flexibility index (Phi) is 5.59. The van der Waals surface area contributed by atoms with Gasteiger partial charge in [-0.15, -0.1) is 0 Å². The normalized spacial score (nSPS) is 20.7. The molecular weight excluding hydrogens is 448 g/mol. The molecule has 1 aliphatic carbocycles. The molecule has 3 N–H and O–H groups in total. The number of nitriles is 1. The van der Waals surface area contributed by atoms with Gasteiger partial charge in [-0.05, 0) is 17.2 Å². The highest BCUT2D eigenvalue weighted by molar-refractivity contribution is 5.99. The number of aromatic nitrogens is 1. The highest BCUT2D eigenvalue weighted by Gasteiger charge is 2.46. The van der Waals surface area contributed by atoms with Crippen LogP contribution in [0.1, 0.15) is 18.4 Å². The first-order valence-electron chi connectivity index (χ1n) is 11.1. The third-order valence-corrected chi connectivity index (χ3v) is 6.43. The number of ether oxygens (including phenoxy) is 1. The number of benzene rings is 2. The number of carbonyl (C=O) groups excluding carboxylic acids is 1. The summed E-state index contributed by atoms with van der Waals surface area (Å²) in [5.74, 6) is -0.0411. The van der Waals surface area contributed by atoms with Gasteiger partial charge in [0.1, 0.15) is 12.2 Å². The van der Waals surface area contributed by atoms with Crippen LogP contribution < -0.4 is 15.0 Å². The van der Waals surface area contributed by atoms with Gasteiger partial charge in [0.05, 0.1) is 23.4 Å². The minimum Gasteiger partial charge on any atom is -0.466 e. The van der Waals surface area contributed by atoms with Crippen molar-refractivity contribution in [2.45, 2.75) is 24.5 Å². The number of aliphatic hydroxyl groups excluding tert-OH is 1. The van der Waals surface area contributed by atoms with Gasteiger partial charge >= 0.3 is 6.09 Å². The molecular formula is C26H22N4O5. The summed E-state index contributed by atoms with van der Waals surface area (Å²) in [6, 6.07) is 20.8. The molecule has 0 radical (unpaired) electrons. The quantitative estimate of drug-likeness (QED) is 0.487. The van der Waals surface area contributed by atoms with E-state index in [0.717, 1.165) is 22.3 Å². The zero-order valence-corrected chi connectivity index (χ0v) is 18.6. The Morgan fingerprint density at radius 3 is 2.51 bits per heavy atom. The van der Waals surface area contributed by atoms with Gasteiger partial charge in [-0.25, -0.2) is 9.78 Å². The van der Waals surface area contributed by atoms with Crippen molar-refractivity contribution in [3.63, 3.8) is 0 Å². The summed E-state index contributed by atoms with van der Waals surface area (Å²) in [7, 11) is 0. The minimum absolute atomic E-state index is 0.107. The topological polar surface area (TPSA) is 136 Å². The maximum atomic E-state index is 12.4. The number of rotatable bonds is 5. The number of hydrogen-bond donors (Lipinski definition) is 3. The molecule has 0 bridgehead atoms. The third-order valence-electron chi connectivity index (χ3n) is 6.43. The third kappa shape index (κ3) is 4.05. The lowest BCUT2D eigenvalue weighted by Crippen LogP contribution is -2.56. The zero-order chi connectivity index (χ0) is 24.6. The summed E-state index contributed by atoms with van der Waals surface area (Å²) in [6.07, 6.45) is -1.08. The lowest BCUT2D eigenvalue weighted by atomic mass is 9.69. The average molecular weight is 470 g/mol. The summed E-state index contributed by atoms with van der Waals surface area (Å²) in [5, 5.41) is 30.9. The number of amides is 2. The Labute approximate surface area is 201 Å². The molecule has 9 heteroatoms. The number of carbonyl (C=O) groups is 2. The van der Waals surface area contributed by atoms with Crippen molar-refractivity contribution in [1.29, 1.82) is 5.26 Å². The van der Waals surface area contributed by atoms with Crippen LogP contribution in [-0.2, 0) is 10.3 Å². The second-order valence-electron chi connectivity index (χ2n) is 8.65. The predicted octanol–water partition coefficient (Wildman–Crippen LogP) is 3.28. The fourth-order valence-electron chi connectivity index (χ4n) is 4.74. The smallest absolute Gasteiger partial charge is 0.405 e. The highest BCUT2D eigenvalue weighted by atomic mass is 16.5. The molecule has 0 unspecified atom stereocenters. The van der Waals surface area contributed by atoms with Crippen molar-refractivity contribution in [3.05, 3.63) is 66.2 Å². The van der Waals surface area contributed by atoms with Crippen LogP contribution in [0.25, 0.3) is 22.4 Å². The van der Waals surface area contributed by atoms with E-state index in [-0.39, 0.29) is 24.9 Å². The van der Waals surface area contributed by atoms with Crippen LogP contribution >= 0.6 is 0 Å². The number of nitrogens with zero attached hydrogens (tertiary/aromatic N) is 3. The first kappa shape index (κ1) is 22.4. The number of fused-ring (bicyclic) bond motifs is 1. The maximum absolute atomic E-state index is 12.4. The Morgan fingerprint density at radius 2 is 1.89 bits per heavy atom. The van der Waals surface area contributed by atoms with Gasteiger partial charge < -0.3 is 20.3 Å². The first-order valence-corrected chi connectivity index (χ1v) is 11.1. The summed E-state index contributed by atoms with van der Waals surface area (Å²) >= 11 is 0. The van der Waals surface area contributed by atoms with Gasteiger partial charge in [-0.3, -0.25) is 9.69 Å². The molecule has 2 amide bonds. The monoisotopic (exact) mass is 470 g/mol. The SMILES string of the molecule is N#CCN1C(=O)COc2nc(-c3ccc(C4(NC(=O)O)CC(O)C4)cc3)c(-c3ccccc3)cc21. The van der Waals surface area contributed by atoms with E-state index in [9.17, 15) is 25.1 Å². The van der Waals surface area contributed by atoms with Crippen LogP contribution in [0, 0.1) is 11.3 Å². The van der Waals surface area contributed by atoms with Crippen LogP contribution in [0.2, 0.25) is 0 Å². The van der Waals surface area contributed by atoms with E-state index in [2.05, 4.69) is 5.32 Å². The summed E-state index contributed by atoms with van der Waals surface area (Å²) in [5.41, 5.74) is 3.41. The molecule has 1 aliphatic heterocycles. The number of hydrogen-bond acceptors (Lipinski definition) is 6. The maximum Gasteiger partial charge on any atom is 0.405 e. The van der Waals surface area contributed by atoms with Crippen molar-refractivity contribution in [2.24, 2.45) is 0 Å². The van der Waals surface area contributed by atoms with Gasteiger partial charge in [-0.2, -0.15) is 5.26 Å². The molecule has 0 spiro atoms. The van der Waals surface area contributed by atoms with Crippen LogP contribution in [0.15, 0.2) is 60.7 Å². The van der Waals surface area contributed by atoms with E-state index < -0.39 is 17.7 Å². The summed E-state index contributed by atoms with van der Waals surface area (Å²) in [6.45, 7) is -0.305. The average Bonchev–Trinajstić information content (AvgIpc) is 2.84. The van der Waals surface area contributed by atoms with Gasteiger partial charge in [0, 0.05) is 24.0 Å². The van der Waals surface area contributed by atoms with E-state index in [0.29, 0.717) is 24.2 Å². The van der Waals surface area contributed by atoms with Crippen molar-refractivity contribution >= 4 is 17.7 Å². The molecule has 2 aromatic carbocycles. The summed E-state index contributed by atoms with van der Waals surface area (Å²) in [4.78, 5) is 29.8. The van der Waals surface area contributed by atoms with Crippen LogP contribution in [0.4, 0.5) is 10.5 Å². The molecule has 35 heavy (non-hydrogen) atoms. The standard InChI is InChI=1S/C26H22N4O5/c27-10-11-30-21-12-20(16-4-2-1-3-5-16)23(28-24(21)35-15-22(30)32)17-6-8-18(9-7-17)26(29-25(33)34)13-19(31)14-26/h1-9,12,19,29,31H,11,13-15H2,(H,33,34). The van der Waals surface area contributed by atoms with Crippen molar-refractivity contribution in [3.8, 4) is 34.3 Å². The Balaban J connectivity index is 1.60. The van der Waals surface area contributed by atoms with Crippen LogP contribution in [0.5, 0.6) is 5.88 Å². The predicted molar refractivity (Wildman–Crippen MR) is 127 cm³/mol. The highest BCUT2D eigenvalue weighted by Crippen LogP contribution is 2.43. The molecule has 3 aromatic rings. The van der Waals surface area contributed by atoms with Crippen molar-refractivity contribution < 1.29 is 24.5 Å². The molecule has 0 saturated heterocycles. The van der Waals surface area contributed by atoms with E-state index in [1.807, 2.05) is 66.7 Å². The minimum atomic E-state index is -1.14. The number of carboxylic acid groups (broad SMARTS) is 1. The number of pyridine rings is 1. The van der Waals surface area contributed by atoms with E-state index in [4.69, 9.17) is 9.72 Å². The van der Waals surface area contributed by atoms with Gasteiger partial charge in [0.15, 0.2) is 6.61 Å². The molecule has 9 nitrogen and oxygen atoms in total. The molecule has 176 valence electrons. The number of anilines is 1. The molecule has 1 fully saturated rings. The zero-order valence-electron chi connectivity index (χ0n) is 18.6. The fraction of sp³-hybridized carbons (Fsp3) is 0.231. The number of aliphatic hydroxyl groups is 1. The lowest BCUT2D eigenvalue weighted by molar-refractivity contribution is -0.121. The van der Waals surface area contributed by atoms with Crippen LogP contribution in [-0.4, -0.2) is 46.5 Å². The van der Waals surface area contributed by atoms with Gasteiger partial charge in [0.2, 0.25) is 5.88 Å². The Hall–Kier alpha value is -4.42. The second kappa shape index (κ2) is 8.74.